The zero-order valence-corrected chi connectivity index (χ0v) is 49.2. The lowest BCUT2D eigenvalue weighted by Crippen LogP contribution is -2.65. The molecule has 458 valence electrons. The second-order valence-corrected chi connectivity index (χ2v) is 22.3. The number of aliphatic hydroxyl groups is 3. The summed E-state index contributed by atoms with van der Waals surface area (Å²) < 4.78 is 73.8. The third-order valence-electron chi connectivity index (χ3n) is 13.7. The molecule has 4 N–H and O–H groups in total. The van der Waals surface area contributed by atoms with Gasteiger partial charge in [-0.3, -0.25) is 23.2 Å². The Kier molecular flexibility index (Phi) is 34.3. The van der Waals surface area contributed by atoms with Crippen molar-refractivity contribution in [3.63, 3.8) is 0 Å². The van der Waals surface area contributed by atoms with E-state index in [0.717, 1.165) is 55.2 Å². The Labute approximate surface area is 491 Å². The van der Waals surface area contributed by atoms with Crippen molar-refractivity contribution in [2.24, 2.45) is 0 Å². The molecule has 5 rings (SSSR count). The largest absolute Gasteiger partial charge is 0.475 e. The van der Waals surface area contributed by atoms with Crippen molar-refractivity contribution in [1.82, 2.24) is 5.32 Å². The van der Waals surface area contributed by atoms with Gasteiger partial charge in [0, 0.05) is 19.4 Å². The van der Waals surface area contributed by atoms with Gasteiger partial charge in [0.05, 0.1) is 26.4 Å². The second kappa shape index (κ2) is 41.6. The number of alkyl carbamates (subject to hydrolysis) is 1. The van der Waals surface area contributed by atoms with E-state index in [0.29, 0.717) is 37.8 Å². The fourth-order valence-corrected chi connectivity index (χ4v) is 10.4. The van der Waals surface area contributed by atoms with Crippen LogP contribution in [0.3, 0.4) is 0 Å². The zero-order valence-electron chi connectivity index (χ0n) is 48.3. The predicted molar refractivity (Wildman–Crippen MR) is 313 cm³/mol. The van der Waals surface area contributed by atoms with E-state index in [4.69, 9.17) is 46.7 Å². The van der Waals surface area contributed by atoms with Crippen LogP contribution in [-0.2, 0) is 87.3 Å². The van der Waals surface area contributed by atoms with Gasteiger partial charge in [0.25, 0.3) is 0 Å². The number of hydrogen-bond donors (Lipinski definition) is 4. The Morgan fingerprint density at radius 1 is 0.506 bits per heavy atom. The summed E-state index contributed by atoms with van der Waals surface area (Å²) >= 11 is 0. The van der Waals surface area contributed by atoms with Crippen LogP contribution in [0.15, 0.2) is 133 Å². The highest BCUT2D eigenvalue weighted by Crippen LogP contribution is 2.53. The third-order valence-corrected chi connectivity index (χ3v) is 15.2. The quantitative estimate of drug-likeness (QED) is 0.00805. The number of aliphatic hydroxyl groups excluding tert-OH is 3. The lowest BCUT2D eigenvalue weighted by Gasteiger charge is -2.45. The van der Waals surface area contributed by atoms with E-state index in [-0.39, 0.29) is 39.3 Å². The first-order valence-electron chi connectivity index (χ1n) is 29.6. The number of ether oxygens (including phenoxy) is 7. The number of unbranched alkanes of at least 4 members (excludes halogenated alkanes) is 13. The maximum atomic E-state index is 15.2. The van der Waals surface area contributed by atoms with Crippen molar-refractivity contribution in [1.29, 1.82) is 0 Å². The van der Waals surface area contributed by atoms with Crippen LogP contribution in [0, 0.1) is 0 Å². The normalized spacial score (nSPS) is 19.0. The minimum absolute atomic E-state index is 0.0156. The monoisotopic (exact) mass is 1180 g/mol. The molecule has 19 heteroatoms. The molecule has 1 amide bonds. The van der Waals surface area contributed by atoms with Crippen LogP contribution < -0.4 is 5.32 Å². The van der Waals surface area contributed by atoms with E-state index in [9.17, 15) is 29.7 Å². The van der Waals surface area contributed by atoms with Crippen LogP contribution in [-0.4, -0.2) is 109 Å². The highest BCUT2D eigenvalue weighted by atomic mass is 31.2. The van der Waals surface area contributed by atoms with Gasteiger partial charge < -0.3 is 53.8 Å². The third kappa shape index (κ3) is 28.9. The van der Waals surface area contributed by atoms with Crippen LogP contribution in [0.25, 0.3) is 0 Å². The smallest absolute Gasteiger partial charge is 0.462 e. The Bertz CT molecular complexity index is 2340. The summed E-state index contributed by atoms with van der Waals surface area (Å²) in [6.45, 7) is 0.569. The Hall–Kier alpha value is -5.34. The molecule has 1 aliphatic rings. The molecule has 4 aromatic rings. The summed E-state index contributed by atoms with van der Waals surface area (Å²) in [4.78, 5) is 38.9. The van der Waals surface area contributed by atoms with Crippen LogP contribution in [0.1, 0.15) is 145 Å². The molecular formula is C64H90NO17P. The van der Waals surface area contributed by atoms with Crippen molar-refractivity contribution < 1.29 is 81.0 Å². The molecule has 0 bridgehead atoms. The van der Waals surface area contributed by atoms with Gasteiger partial charge >= 0.3 is 25.9 Å². The zero-order chi connectivity index (χ0) is 59.0. The average molecular weight is 1180 g/mol. The van der Waals surface area contributed by atoms with Gasteiger partial charge in [-0.1, -0.05) is 198 Å². The Morgan fingerprint density at radius 2 is 0.964 bits per heavy atom. The van der Waals surface area contributed by atoms with E-state index >= 15 is 4.57 Å². The van der Waals surface area contributed by atoms with E-state index in [1.165, 1.54) is 38.5 Å². The van der Waals surface area contributed by atoms with Gasteiger partial charge in [0.1, 0.15) is 63.4 Å². The molecule has 3 unspecified atom stereocenters. The van der Waals surface area contributed by atoms with Gasteiger partial charge in [0.15, 0.2) is 6.10 Å². The SMILES string of the molecule is CCCCCCCC/C=C/CCCCCCCC(=O)O[C@@H](COC(=O)CCCCCNC(=O)OCc1ccccc1)COP(=O)(OCc1ccccc1)OC1[C@H](OCOCc2ccccc2)[C@H](O)C(O)[C@H](O)[C@H]1OCOCc1ccccc1. The number of esters is 2. The van der Waals surface area contributed by atoms with Crippen LogP contribution in [0.4, 0.5) is 4.79 Å². The first-order valence-corrected chi connectivity index (χ1v) is 31.1. The van der Waals surface area contributed by atoms with E-state index in [1.54, 1.807) is 30.3 Å². The van der Waals surface area contributed by atoms with Gasteiger partial charge in [0.2, 0.25) is 0 Å². The molecule has 0 heterocycles. The molecular weight excluding hydrogens is 1090 g/mol. The fraction of sp³-hybridized carbons (Fsp3) is 0.547. The lowest BCUT2D eigenvalue weighted by atomic mass is 9.84. The molecule has 0 spiro atoms. The molecule has 0 radical (unpaired) electrons. The predicted octanol–water partition coefficient (Wildman–Crippen LogP) is 11.9. The number of carbonyl (C=O) groups excluding carboxylic acids is 3. The highest BCUT2D eigenvalue weighted by molar-refractivity contribution is 7.48. The summed E-state index contributed by atoms with van der Waals surface area (Å²) in [7, 11) is -4.95. The van der Waals surface area contributed by atoms with Gasteiger partial charge in [-0.25, -0.2) is 9.36 Å². The molecule has 1 saturated carbocycles. The van der Waals surface area contributed by atoms with Crippen LogP contribution >= 0.6 is 7.82 Å². The van der Waals surface area contributed by atoms with Gasteiger partial charge in [-0.2, -0.15) is 0 Å². The standard InChI is InChI=1S/C64H90NO17P/c1-2-3-4-5-6-7-8-9-10-11-12-13-14-15-29-41-57(67)81-55(47-75-56(66)40-30-20-31-42-65-64(71)76-45-53-36-25-18-26-37-53)48-80-83(72,79-46-54-38-27-19-28-39-54)82-63-61(77-49-73-43-51-32-21-16-22-33-51)59(69)58(68)60(70)62(63)78-50-74-44-52-34-23-17-24-35-52/h9-10,16-19,21-28,32-39,55,58-63,68-70H,2-8,11-15,20,29-31,40-50H2,1H3,(H,65,71)/b10-9+/t55-,58?,59-,60+,61+,62+,63?,83?/m0/s1. The van der Waals surface area contributed by atoms with Crippen molar-refractivity contribution in [2.45, 2.75) is 192 Å². The van der Waals surface area contributed by atoms with E-state index in [1.807, 2.05) is 91.0 Å². The summed E-state index contributed by atoms with van der Waals surface area (Å²) in [6.07, 6.45) is 8.15. The summed E-state index contributed by atoms with van der Waals surface area (Å²) in [5.74, 6) is -1.19. The lowest BCUT2D eigenvalue weighted by molar-refractivity contribution is -0.270. The number of phosphoric ester groups is 1. The molecule has 18 nitrogen and oxygen atoms in total. The summed E-state index contributed by atoms with van der Waals surface area (Å²) in [5, 5.41) is 36.9. The van der Waals surface area contributed by atoms with Crippen molar-refractivity contribution in [3.8, 4) is 0 Å². The fourth-order valence-electron chi connectivity index (χ4n) is 9.04. The number of allylic oxidation sites excluding steroid dienone is 2. The Balaban J connectivity index is 1.24. The first kappa shape index (κ1) is 68.4. The van der Waals surface area contributed by atoms with E-state index < -0.39 is 95.4 Å². The van der Waals surface area contributed by atoms with Crippen LogP contribution in [0.5, 0.6) is 0 Å². The molecule has 83 heavy (non-hydrogen) atoms. The number of nitrogens with one attached hydrogen (secondary N) is 1. The Morgan fingerprint density at radius 3 is 1.49 bits per heavy atom. The summed E-state index contributed by atoms with van der Waals surface area (Å²) in [6, 6.07) is 36.5. The summed E-state index contributed by atoms with van der Waals surface area (Å²) in [5.41, 5.74) is 3.08. The number of carbonyl (C=O) groups is 3. The van der Waals surface area contributed by atoms with Crippen molar-refractivity contribution in [2.75, 3.05) is 33.3 Å². The maximum absolute atomic E-state index is 15.2. The maximum Gasteiger partial charge on any atom is 0.475 e. The topological polar surface area (TPSA) is 233 Å². The minimum Gasteiger partial charge on any atom is -0.462 e. The van der Waals surface area contributed by atoms with Gasteiger partial charge in [-0.15, -0.1) is 0 Å². The number of amides is 1. The molecule has 1 aliphatic carbocycles. The molecule has 0 aliphatic heterocycles. The molecule has 8 atom stereocenters. The minimum atomic E-state index is -4.95. The van der Waals surface area contributed by atoms with Crippen LogP contribution in [0.2, 0.25) is 0 Å². The van der Waals surface area contributed by atoms with Crippen molar-refractivity contribution in [3.05, 3.63) is 156 Å². The number of hydrogen-bond acceptors (Lipinski definition) is 17. The van der Waals surface area contributed by atoms with Gasteiger partial charge in [-0.05, 0) is 67.2 Å². The molecule has 1 fully saturated rings. The average Bonchev–Trinajstić information content (AvgIpc) is 3.44. The first-order chi connectivity index (χ1) is 40.5. The molecule has 4 aromatic carbocycles. The number of benzene rings is 4. The molecule has 0 saturated heterocycles. The number of rotatable bonds is 44. The van der Waals surface area contributed by atoms with E-state index in [2.05, 4.69) is 24.4 Å². The van der Waals surface area contributed by atoms with Crippen molar-refractivity contribution >= 4 is 25.9 Å². The highest BCUT2D eigenvalue weighted by Gasteiger charge is 2.54. The number of phosphoric acid groups is 1. The second-order valence-electron chi connectivity index (χ2n) is 20.6. The molecule has 0 aromatic heterocycles.